The number of hydrogen-bond acceptors (Lipinski definition) is 5. The van der Waals surface area contributed by atoms with Crippen LogP contribution in [0.25, 0.3) is 0 Å². The highest BCUT2D eigenvalue weighted by Gasteiger charge is 2.30. The summed E-state index contributed by atoms with van der Waals surface area (Å²) in [6.45, 7) is 1.22. The smallest absolute Gasteiger partial charge is 0.398 e. The molecule has 2 aromatic rings. The SMILES string of the molecule is CNC(=O)/C(=N/OC)c1c(F)cccc1CO/N=C(\C)c1cccc(C(F)(F)F)c1. The van der Waals surface area contributed by atoms with Gasteiger partial charge in [0.2, 0.25) is 0 Å². The molecule has 0 bridgehead atoms. The number of alkyl halides is 3. The van der Waals surface area contributed by atoms with Crippen molar-refractivity contribution in [3.8, 4) is 0 Å². The van der Waals surface area contributed by atoms with Crippen molar-refractivity contribution < 1.29 is 32.0 Å². The third-order valence-electron chi connectivity index (χ3n) is 3.99. The van der Waals surface area contributed by atoms with Gasteiger partial charge in [0, 0.05) is 12.6 Å². The third kappa shape index (κ3) is 5.56. The molecule has 0 aliphatic heterocycles. The van der Waals surface area contributed by atoms with Crippen molar-refractivity contribution in [3.63, 3.8) is 0 Å². The fraction of sp³-hybridized carbons (Fsp3) is 0.250. The Bertz CT molecular complexity index is 972. The maximum Gasteiger partial charge on any atom is 0.416 e. The van der Waals surface area contributed by atoms with Crippen LogP contribution in [0, 0.1) is 5.82 Å². The van der Waals surface area contributed by atoms with E-state index in [1.54, 1.807) is 0 Å². The van der Waals surface area contributed by atoms with E-state index in [2.05, 4.69) is 20.5 Å². The topological polar surface area (TPSA) is 72.3 Å². The minimum Gasteiger partial charge on any atom is -0.398 e. The van der Waals surface area contributed by atoms with Gasteiger partial charge < -0.3 is 15.0 Å². The van der Waals surface area contributed by atoms with Crippen LogP contribution in [-0.4, -0.2) is 31.5 Å². The predicted octanol–water partition coefficient (Wildman–Crippen LogP) is 3.88. The first-order valence-electron chi connectivity index (χ1n) is 8.64. The molecule has 0 saturated carbocycles. The quantitative estimate of drug-likeness (QED) is 0.416. The van der Waals surface area contributed by atoms with Crippen LogP contribution >= 0.6 is 0 Å². The Morgan fingerprint density at radius 2 is 1.83 bits per heavy atom. The Morgan fingerprint density at radius 3 is 2.47 bits per heavy atom. The molecule has 1 N–H and O–H groups in total. The fourth-order valence-corrected chi connectivity index (χ4v) is 2.54. The summed E-state index contributed by atoms with van der Waals surface area (Å²) in [6, 6.07) is 8.68. The van der Waals surface area contributed by atoms with E-state index in [4.69, 9.17) is 4.84 Å². The van der Waals surface area contributed by atoms with E-state index < -0.39 is 23.5 Å². The van der Waals surface area contributed by atoms with Crippen molar-refractivity contribution in [1.29, 1.82) is 0 Å². The third-order valence-corrected chi connectivity index (χ3v) is 3.99. The Kier molecular flexibility index (Phi) is 7.51. The Morgan fingerprint density at radius 1 is 1.13 bits per heavy atom. The molecule has 0 atom stereocenters. The summed E-state index contributed by atoms with van der Waals surface area (Å²) in [5.41, 5.74) is -0.587. The van der Waals surface area contributed by atoms with E-state index in [0.29, 0.717) is 0 Å². The van der Waals surface area contributed by atoms with Crippen LogP contribution in [0.3, 0.4) is 0 Å². The molecule has 30 heavy (non-hydrogen) atoms. The molecule has 0 fully saturated rings. The highest BCUT2D eigenvalue weighted by molar-refractivity contribution is 6.45. The minimum absolute atomic E-state index is 0.134. The first-order chi connectivity index (χ1) is 14.2. The van der Waals surface area contributed by atoms with Gasteiger partial charge in [-0.3, -0.25) is 4.79 Å². The molecule has 6 nitrogen and oxygen atoms in total. The number of oxime groups is 2. The molecule has 160 valence electrons. The molecule has 0 unspecified atom stereocenters. The molecular formula is C20H19F4N3O3. The van der Waals surface area contributed by atoms with E-state index in [-0.39, 0.29) is 34.7 Å². The van der Waals surface area contributed by atoms with Crippen LogP contribution in [0.5, 0.6) is 0 Å². The predicted molar refractivity (Wildman–Crippen MR) is 102 cm³/mol. The molecule has 0 heterocycles. The second kappa shape index (κ2) is 9.86. The van der Waals surface area contributed by atoms with Gasteiger partial charge in [-0.05, 0) is 30.7 Å². The second-order valence-electron chi connectivity index (χ2n) is 6.00. The van der Waals surface area contributed by atoms with Gasteiger partial charge in [0.05, 0.1) is 16.8 Å². The number of nitrogens with zero attached hydrogens (tertiary/aromatic N) is 2. The van der Waals surface area contributed by atoms with Crippen LogP contribution in [0.15, 0.2) is 52.8 Å². The molecule has 0 aliphatic carbocycles. The monoisotopic (exact) mass is 425 g/mol. The zero-order valence-corrected chi connectivity index (χ0v) is 16.4. The van der Waals surface area contributed by atoms with Gasteiger partial charge in [-0.25, -0.2) is 4.39 Å². The zero-order valence-electron chi connectivity index (χ0n) is 16.4. The van der Waals surface area contributed by atoms with Crippen LogP contribution in [-0.2, 0) is 27.3 Å². The Labute approximate surface area is 170 Å². The minimum atomic E-state index is -4.48. The molecule has 2 aromatic carbocycles. The molecule has 0 saturated heterocycles. The Balaban J connectivity index is 2.27. The van der Waals surface area contributed by atoms with Gasteiger partial charge in [0.25, 0.3) is 5.91 Å². The van der Waals surface area contributed by atoms with Gasteiger partial charge in [-0.1, -0.05) is 34.6 Å². The van der Waals surface area contributed by atoms with Crippen LogP contribution in [0.1, 0.15) is 29.2 Å². The number of amides is 1. The lowest BCUT2D eigenvalue weighted by Crippen LogP contribution is -2.30. The van der Waals surface area contributed by atoms with Crippen molar-refractivity contribution >= 4 is 17.3 Å². The number of likely N-dealkylation sites (N-methyl/N-ethyl adjacent to an activating group) is 1. The van der Waals surface area contributed by atoms with E-state index in [0.717, 1.165) is 18.2 Å². The second-order valence-corrected chi connectivity index (χ2v) is 6.00. The zero-order chi connectivity index (χ0) is 22.3. The molecular weight excluding hydrogens is 406 g/mol. The molecule has 2 rings (SSSR count). The molecule has 1 amide bonds. The highest BCUT2D eigenvalue weighted by atomic mass is 19.4. The summed E-state index contributed by atoms with van der Waals surface area (Å²) in [5, 5.41) is 9.73. The number of carbonyl (C=O) groups excluding carboxylic acids is 1. The molecule has 0 radical (unpaired) electrons. The average molecular weight is 425 g/mol. The number of hydrogen-bond donors (Lipinski definition) is 1. The fourth-order valence-electron chi connectivity index (χ4n) is 2.54. The lowest BCUT2D eigenvalue weighted by atomic mass is 10.0. The lowest BCUT2D eigenvalue weighted by Gasteiger charge is -2.12. The summed E-state index contributed by atoms with van der Waals surface area (Å²) >= 11 is 0. The van der Waals surface area contributed by atoms with Gasteiger partial charge in [0.1, 0.15) is 19.5 Å². The normalized spacial score (nSPS) is 12.5. The molecule has 10 heteroatoms. The molecule has 0 spiro atoms. The highest BCUT2D eigenvalue weighted by Crippen LogP contribution is 2.29. The number of rotatable bonds is 7. The number of benzene rings is 2. The van der Waals surface area contributed by atoms with E-state index in [9.17, 15) is 22.4 Å². The van der Waals surface area contributed by atoms with E-state index >= 15 is 0 Å². The molecule has 0 aliphatic rings. The van der Waals surface area contributed by atoms with Gasteiger partial charge >= 0.3 is 6.18 Å². The van der Waals surface area contributed by atoms with E-state index in [1.165, 1.54) is 45.3 Å². The lowest BCUT2D eigenvalue weighted by molar-refractivity contribution is -0.137. The summed E-state index contributed by atoms with van der Waals surface area (Å²) in [4.78, 5) is 21.9. The summed E-state index contributed by atoms with van der Waals surface area (Å²) in [6.07, 6.45) is -4.48. The maximum absolute atomic E-state index is 14.4. The first kappa shape index (κ1) is 22.9. The Hall–Kier alpha value is -3.43. The number of nitrogens with one attached hydrogen (secondary N) is 1. The van der Waals surface area contributed by atoms with Crippen LogP contribution < -0.4 is 5.32 Å². The largest absolute Gasteiger partial charge is 0.416 e. The molecule has 0 aromatic heterocycles. The summed E-state index contributed by atoms with van der Waals surface area (Å²) < 4.78 is 53.0. The summed E-state index contributed by atoms with van der Waals surface area (Å²) in [5.74, 6) is -1.40. The first-order valence-corrected chi connectivity index (χ1v) is 8.64. The van der Waals surface area contributed by atoms with Crippen molar-refractivity contribution in [2.75, 3.05) is 14.2 Å². The summed E-state index contributed by atoms with van der Waals surface area (Å²) in [7, 11) is 2.57. The van der Waals surface area contributed by atoms with Crippen molar-refractivity contribution in [3.05, 3.63) is 70.5 Å². The average Bonchev–Trinajstić information content (AvgIpc) is 2.71. The standard InChI is InChI=1S/C20H19F4N3O3/c1-12(13-6-4-8-15(10-13)20(22,23)24)26-30-11-14-7-5-9-16(21)17(14)18(27-29-3)19(28)25-2/h4-10H,11H2,1-3H3,(H,25,28)/b26-12+,27-18+. The van der Waals surface area contributed by atoms with Crippen LogP contribution in [0.2, 0.25) is 0 Å². The van der Waals surface area contributed by atoms with Crippen molar-refractivity contribution in [2.45, 2.75) is 19.7 Å². The van der Waals surface area contributed by atoms with Gasteiger partial charge in [-0.15, -0.1) is 0 Å². The number of halogens is 4. The van der Waals surface area contributed by atoms with Crippen molar-refractivity contribution in [1.82, 2.24) is 5.32 Å². The maximum atomic E-state index is 14.4. The van der Waals surface area contributed by atoms with Crippen molar-refractivity contribution in [2.24, 2.45) is 10.3 Å². The van der Waals surface area contributed by atoms with Crippen LogP contribution in [0.4, 0.5) is 17.6 Å². The van der Waals surface area contributed by atoms with Gasteiger partial charge in [-0.2, -0.15) is 13.2 Å². The van der Waals surface area contributed by atoms with Gasteiger partial charge in [0.15, 0.2) is 5.71 Å². The van der Waals surface area contributed by atoms with E-state index in [1.807, 2.05) is 0 Å². The number of carbonyl (C=O) groups is 1.